The maximum absolute atomic E-state index is 11.1. The lowest BCUT2D eigenvalue weighted by molar-refractivity contribution is -0.123. The van der Waals surface area contributed by atoms with Gasteiger partial charge in [0, 0.05) is 5.92 Å². The molecule has 2 nitrogen and oxygen atoms in total. The van der Waals surface area contributed by atoms with Crippen LogP contribution in [0.5, 0.6) is 0 Å². The molecule has 0 aromatic rings. The molecule has 2 N–H and O–H groups in total. The van der Waals surface area contributed by atoms with E-state index < -0.39 is 0 Å². The molecule has 0 aromatic heterocycles. The Bertz CT molecular complexity index is 154. The number of carbonyl (C=O) groups is 1. The summed E-state index contributed by atoms with van der Waals surface area (Å²) in [6, 6.07) is 0. The first-order valence-electron chi connectivity index (χ1n) is 5.88. The summed E-state index contributed by atoms with van der Waals surface area (Å²) in [6.45, 7) is 6.35. The second-order valence-corrected chi connectivity index (χ2v) is 4.46. The Morgan fingerprint density at radius 1 is 1.14 bits per heavy atom. The molecule has 0 fully saturated rings. The highest BCUT2D eigenvalue weighted by molar-refractivity contribution is 5.76. The van der Waals surface area contributed by atoms with Crippen LogP contribution in [0.15, 0.2) is 0 Å². The summed E-state index contributed by atoms with van der Waals surface area (Å²) in [5.41, 5.74) is 5.34. The SMILES string of the molecule is CCCCCCCC(C(N)=O)C(C)C. The summed E-state index contributed by atoms with van der Waals surface area (Å²) >= 11 is 0. The standard InChI is InChI=1S/C12H25NO/c1-4-5-6-7-8-9-11(10(2)3)12(13)14/h10-11H,4-9H2,1-3H3,(H2,13,14). The van der Waals surface area contributed by atoms with Gasteiger partial charge < -0.3 is 5.73 Å². The molecular formula is C12H25NO. The molecule has 0 aromatic carbocycles. The Labute approximate surface area is 88.3 Å². The third kappa shape index (κ3) is 6.01. The van der Waals surface area contributed by atoms with Gasteiger partial charge in [-0.25, -0.2) is 0 Å². The van der Waals surface area contributed by atoms with Gasteiger partial charge in [-0.05, 0) is 12.3 Å². The van der Waals surface area contributed by atoms with E-state index in [4.69, 9.17) is 5.73 Å². The smallest absolute Gasteiger partial charge is 0.220 e. The van der Waals surface area contributed by atoms with E-state index in [1.54, 1.807) is 0 Å². The number of hydrogen-bond donors (Lipinski definition) is 1. The lowest BCUT2D eigenvalue weighted by Crippen LogP contribution is -2.27. The van der Waals surface area contributed by atoms with Crippen molar-refractivity contribution < 1.29 is 4.79 Å². The monoisotopic (exact) mass is 199 g/mol. The predicted molar refractivity (Wildman–Crippen MR) is 60.9 cm³/mol. The third-order valence-corrected chi connectivity index (χ3v) is 2.79. The summed E-state index contributed by atoms with van der Waals surface area (Å²) in [5, 5.41) is 0. The second-order valence-electron chi connectivity index (χ2n) is 4.46. The summed E-state index contributed by atoms with van der Waals surface area (Å²) in [7, 11) is 0. The lowest BCUT2D eigenvalue weighted by atomic mass is 9.89. The van der Waals surface area contributed by atoms with Crippen LogP contribution in [0.25, 0.3) is 0 Å². The number of primary amides is 1. The molecule has 1 atom stereocenters. The third-order valence-electron chi connectivity index (χ3n) is 2.79. The van der Waals surface area contributed by atoms with Crippen molar-refractivity contribution in [2.75, 3.05) is 0 Å². The maximum Gasteiger partial charge on any atom is 0.220 e. The minimum absolute atomic E-state index is 0.0802. The quantitative estimate of drug-likeness (QED) is 0.600. The Balaban J connectivity index is 3.57. The number of amides is 1. The lowest BCUT2D eigenvalue weighted by Gasteiger charge is -2.16. The van der Waals surface area contributed by atoms with Crippen LogP contribution in [0.1, 0.15) is 59.3 Å². The molecule has 0 aliphatic rings. The zero-order valence-corrected chi connectivity index (χ0v) is 9.88. The first kappa shape index (κ1) is 13.5. The molecular weight excluding hydrogens is 174 g/mol. The average Bonchev–Trinajstić information content (AvgIpc) is 2.09. The number of unbranched alkanes of at least 4 members (excludes halogenated alkanes) is 4. The van der Waals surface area contributed by atoms with Crippen LogP contribution in [-0.4, -0.2) is 5.91 Å². The van der Waals surface area contributed by atoms with Crippen LogP contribution in [0.3, 0.4) is 0 Å². The van der Waals surface area contributed by atoms with Crippen molar-refractivity contribution in [3.8, 4) is 0 Å². The zero-order valence-electron chi connectivity index (χ0n) is 9.88. The molecule has 0 aliphatic heterocycles. The van der Waals surface area contributed by atoms with E-state index in [0.717, 1.165) is 12.8 Å². The number of nitrogens with two attached hydrogens (primary N) is 1. The molecule has 1 amide bonds. The van der Waals surface area contributed by atoms with Gasteiger partial charge in [-0.1, -0.05) is 52.9 Å². The topological polar surface area (TPSA) is 43.1 Å². The minimum Gasteiger partial charge on any atom is -0.369 e. The van der Waals surface area contributed by atoms with Gasteiger partial charge in [-0.2, -0.15) is 0 Å². The largest absolute Gasteiger partial charge is 0.369 e. The van der Waals surface area contributed by atoms with Gasteiger partial charge in [-0.3, -0.25) is 4.79 Å². The normalized spacial score (nSPS) is 13.1. The van der Waals surface area contributed by atoms with Crippen molar-refractivity contribution in [3.05, 3.63) is 0 Å². The molecule has 84 valence electrons. The summed E-state index contributed by atoms with van der Waals surface area (Å²) < 4.78 is 0. The van der Waals surface area contributed by atoms with Crippen molar-refractivity contribution >= 4 is 5.91 Å². The zero-order chi connectivity index (χ0) is 11.0. The van der Waals surface area contributed by atoms with E-state index in [1.165, 1.54) is 25.7 Å². The van der Waals surface area contributed by atoms with Gasteiger partial charge in [0.2, 0.25) is 5.91 Å². The molecule has 0 aliphatic carbocycles. The molecule has 0 bridgehead atoms. The molecule has 14 heavy (non-hydrogen) atoms. The van der Waals surface area contributed by atoms with Gasteiger partial charge in [0.05, 0.1) is 0 Å². The second kappa shape index (κ2) is 7.84. The van der Waals surface area contributed by atoms with Gasteiger partial charge in [-0.15, -0.1) is 0 Å². The molecule has 0 radical (unpaired) electrons. The highest BCUT2D eigenvalue weighted by atomic mass is 16.1. The molecule has 0 rings (SSSR count). The predicted octanol–water partition coefficient (Wildman–Crippen LogP) is 3.10. The van der Waals surface area contributed by atoms with E-state index in [9.17, 15) is 4.79 Å². The Hall–Kier alpha value is -0.530. The molecule has 0 saturated heterocycles. The molecule has 0 saturated carbocycles. The molecule has 0 heterocycles. The van der Waals surface area contributed by atoms with Crippen LogP contribution in [0, 0.1) is 11.8 Å². The van der Waals surface area contributed by atoms with Crippen LogP contribution in [0.4, 0.5) is 0 Å². The Morgan fingerprint density at radius 3 is 2.14 bits per heavy atom. The average molecular weight is 199 g/mol. The van der Waals surface area contributed by atoms with Gasteiger partial charge in [0.15, 0.2) is 0 Å². The van der Waals surface area contributed by atoms with Crippen molar-refractivity contribution in [2.24, 2.45) is 17.6 Å². The summed E-state index contributed by atoms with van der Waals surface area (Å²) in [6.07, 6.45) is 7.22. The van der Waals surface area contributed by atoms with E-state index in [-0.39, 0.29) is 11.8 Å². The highest BCUT2D eigenvalue weighted by Gasteiger charge is 2.18. The van der Waals surface area contributed by atoms with E-state index in [1.807, 2.05) is 0 Å². The molecule has 1 unspecified atom stereocenters. The van der Waals surface area contributed by atoms with Gasteiger partial charge in [0.1, 0.15) is 0 Å². The fraction of sp³-hybridized carbons (Fsp3) is 0.917. The van der Waals surface area contributed by atoms with Crippen LogP contribution in [-0.2, 0) is 4.79 Å². The number of rotatable bonds is 8. The number of carbonyl (C=O) groups excluding carboxylic acids is 1. The summed E-state index contributed by atoms with van der Waals surface area (Å²) in [5.74, 6) is 0.339. The summed E-state index contributed by atoms with van der Waals surface area (Å²) in [4.78, 5) is 11.1. The van der Waals surface area contributed by atoms with Gasteiger partial charge in [0.25, 0.3) is 0 Å². The number of hydrogen-bond acceptors (Lipinski definition) is 1. The first-order chi connectivity index (χ1) is 6.59. The molecule has 0 spiro atoms. The van der Waals surface area contributed by atoms with Crippen molar-refractivity contribution in [2.45, 2.75) is 59.3 Å². The fourth-order valence-corrected chi connectivity index (χ4v) is 1.77. The van der Waals surface area contributed by atoms with Crippen LogP contribution < -0.4 is 5.73 Å². The van der Waals surface area contributed by atoms with Crippen LogP contribution in [0.2, 0.25) is 0 Å². The Morgan fingerprint density at radius 2 is 1.71 bits per heavy atom. The van der Waals surface area contributed by atoms with E-state index in [2.05, 4.69) is 20.8 Å². The van der Waals surface area contributed by atoms with Gasteiger partial charge >= 0.3 is 0 Å². The van der Waals surface area contributed by atoms with Crippen LogP contribution >= 0.6 is 0 Å². The Kier molecular flexibility index (Phi) is 7.54. The molecule has 2 heteroatoms. The van der Waals surface area contributed by atoms with E-state index in [0.29, 0.717) is 5.92 Å². The fourth-order valence-electron chi connectivity index (χ4n) is 1.77. The van der Waals surface area contributed by atoms with Crippen molar-refractivity contribution in [1.29, 1.82) is 0 Å². The minimum atomic E-state index is -0.129. The van der Waals surface area contributed by atoms with Crippen molar-refractivity contribution in [1.82, 2.24) is 0 Å². The highest BCUT2D eigenvalue weighted by Crippen LogP contribution is 2.18. The van der Waals surface area contributed by atoms with Crippen molar-refractivity contribution in [3.63, 3.8) is 0 Å². The first-order valence-corrected chi connectivity index (χ1v) is 5.88. The van der Waals surface area contributed by atoms with E-state index >= 15 is 0 Å². The maximum atomic E-state index is 11.1.